The highest BCUT2D eigenvalue weighted by molar-refractivity contribution is 5.75. The summed E-state index contributed by atoms with van der Waals surface area (Å²) in [4.78, 5) is 10.8. The number of benzene rings is 1. The predicted molar refractivity (Wildman–Crippen MR) is 81.3 cm³/mol. The fourth-order valence-electron chi connectivity index (χ4n) is 2.03. The van der Waals surface area contributed by atoms with Gasteiger partial charge in [0.25, 0.3) is 0 Å². The monoisotopic (exact) mass is 278 g/mol. The summed E-state index contributed by atoms with van der Waals surface area (Å²) < 4.78 is 10.7. The molecule has 0 bridgehead atoms. The molecule has 0 aliphatic rings. The first-order valence-electron chi connectivity index (χ1n) is 7.42. The number of hydrogen-bond donors (Lipinski definition) is 0. The molecule has 0 unspecified atom stereocenters. The lowest BCUT2D eigenvalue weighted by molar-refractivity contribution is -0.117. The van der Waals surface area contributed by atoms with E-state index in [1.807, 2.05) is 12.1 Å². The van der Waals surface area contributed by atoms with E-state index in [0.29, 0.717) is 6.42 Å². The summed E-state index contributed by atoms with van der Waals surface area (Å²) in [6, 6.07) is 8.18. The maximum absolute atomic E-state index is 10.8. The Hall–Kier alpha value is -1.35. The largest absolute Gasteiger partial charge is 0.497 e. The van der Waals surface area contributed by atoms with Crippen LogP contribution in [0.1, 0.15) is 44.6 Å². The van der Waals surface area contributed by atoms with E-state index >= 15 is 0 Å². The summed E-state index contributed by atoms with van der Waals surface area (Å²) >= 11 is 0. The fraction of sp³-hybridized carbons (Fsp3) is 0.588. The molecule has 3 nitrogen and oxygen atoms in total. The lowest BCUT2D eigenvalue weighted by atomic mass is 10.1. The molecule has 0 spiro atoms. The van der Waals surface area contributed by atoms with E-state index in [0.717, 1.165) is 51.1 Å². The lowest BCUT2D eigenvalue weighted by Gasteiger charge is -2.05. The zero-order valence-corrected chi connectivity index (χ0v) is 12.7. The van der Waals surface area contributed by atoms with Crippen LogP contribution in [-0.2, 0) is 16.0 Å². The van der Waals surface area contributed by atoms with Crippen LogP contribution < -0.4 is 4.74 Å². The van der Waals surface area contributed by atoms with Crippen LogP contribution in [0.5, 0.6) is 5.75 Å². The van der Waals surface area contributed by atoms with E-state index in [1.54, 1.807) is 14.0 Å². The zero-order chi connectivity index (χ0) is 14.6. The molecule has 0 aromatic heterocycles. The van der Waals surface area contributed by atoms with Crippen molar-refractivity contribution in [1.82, 2.24) is 0 Å². The Morgan fingerprint density at radius 3 is 2.35 bits per heavy atom. The zero-order valence-electron chi connectivity index (χ0n) is 12.7. The summed E-state index contributed by atoms with van der Waals surface area (Å²) in [7, 11) is 1.68. The average Bonchev–Trinajstić information content (AvgIpc) is 2.46. The molecule has 0 saturated heterocycles. The van der Waals surface area contributed by atoms with Gasteiger partial charge in [0.1, 0.15) is 11.5 Å². The number of rotatable bonds is 11. The van der Waals surface area contributed by atoms with E-state index in [4.69, 9.17) is 9.47 Å². The molecular formula is C17H26O3. The Morgan fingerprint density at radius 1 is 1.00 bits per heavy atom. The van der Waals surface area contributed by atoms with Crippen molar-refractivity contribution < 1.29 is 14.3 Å². The van der Waals surface area contributed by atoms with Crippen molar-refractivity contribution in [3.05, 3.63) is 29.8 Å². The number of hydrogen-bond acceptors (Lipinski definition) is 3. The summed E-state index contributed by atoms with van der Waals surface area (Å²) in [6.45, 7) is 3.26. The number of Topliss-reactive ketones (excluding diaryl/α,β-unsaturated/α-hetero) is 1. The van der Waals surface area contributed by atoms with Gasteiger partial charge in [-0.2, -0.15) is 0 Å². The third-order valence-corrected chi connectivity index (χ3v) is 3.23. The molecule has 112 valence electrons. The molecule has 0 saturated carbocycles. The minimum absolute atomic E-state index is 0.283. The second-order valence-electron chi connectivity index (χ2n) is 5.08. The highest BCUT2D eigenvalue weighted by Crippen LogP contribution is 2.12. The van der Waals surface area contributed by atoms with E-state index in [1.165, 1.54) is 5.56 Å². The Balaban J connectivity index is 1.95. The van der Waals surface area contributed by atoms with Crippen molar-refractivity contribution in [3.63, 3.8) is 0 Å². The molecule has 1 aromatic rings. The SMILES string of the molecule is COc1ccc(CCCOCCCCCC(C)=O)cc1. The molecule has 1 aromatic carbocycles. The molecule has 0 N–H and O–H groups in total. The van der Waals surface area contributed by atoms with Crippen LogP contribution >= 0.6 is 0 Å². The van der Waals surface area contributed by atoms with Gasteiger partial charge in [-0.05, 0) is 50.3 Å². The molecule has 0 radical (unpaired) electrons. The number of ether oxygens (including phenoxy) is 2. The van der Waals surface area contributed by atoms with Crippen molar-refractivity contribution in [2.45, 2.75) is 45.4 Å². The predicted octanol–water partition coefficient (Wildman–Crippen LogP) is 3.79. The first-order chi connectivity index (χ1) is 9.72. The van der Waals surface area contributed by atoms with E-state index in [2.05, 4.69) is 12.1 Å². The number of unbranched alkanes of at least 4 members (excludes halogenated alkanes) is 2. The maximum Gasteiger partial charge on any atom is 0.129 e. The van der Waals surface area contributed by atoms with Crippen molar-refractivity contribution in [3.8, 4) is 5.75 Å². The highest BCUT2D eigenvalue weighted by atomic mass is 16.5. The Bertz CT molecular complexity index is 370. The molecule has 0 amide bonds. The van der Waals surface area contributed by atoms with Gasteiger partial charge in [-0.15, -0.1) is 0 Å². The van der Waals surface area contributed by atoms with Gasteiger partial charge in [0.2, 0.25) is 0 Å². The standard InChI is InChI=1S/C17H26O3/c1-15(18)7-4-3-5-13-20-14-6-8-16-9-11-17(19-2)12-10-16/h9-12H,3-8,13-14H2,1-2H3. The fourth-order valence-corrected chi connectivity index (χ4v) is 2.03. The summed E-state index contributed by atoms with van der Waals surface area (Å²) in [5.41, 5.74) is 1.32. The first kappa shape index (κ1) is 16.7. The third-order valence-electron chi connectivity index (χ3n) is 3.23. The molecule has 0 aliphatic heterocycles. The smallest absolute Gasteiger partial charge is 0.129 e. The normalized spacial score (nSPS) is 10.5. The number of aryl methyl sites for hydroxylation is 1. The van der Waals surface area contributed by atoms with Gasteiger partial charge >= 0.3 is 0 Å². The van der Waals surface area contributed by atoms with Crippen molar-refractivity contribution in [1.29, 1.82) is 0 Å². The van der Waals surface area contributed by atoms with E-state index in [-0.39, 0.29) is 5.78 Å². The lowest BCUT2D eigenvalue weighted by Crippen LogP contribution is -1.99. The van der Waals surface area contributed by atoms with Crippen LogP contribution in [0, 0.1) is 0 Å². The van der Waals surface area contributed by atoms with E-state index in [9.17, 15) is 4.79 Å². The first-order valence-corrected chi connectivity index (χ1v) is 7.42. The number of methoxy groups -OCH3 is 1. The summed E-state index contributed by atoms with van der Waals surface area (Å²) in [5.74, 6) is 1.18. The van der Waals surface area contributed by atoms with Crippen LogP contribution in [0.15, 0.2) is 24.3 Å². The highest BCUT2D eigenvalue weighted by Gasteiger charge is 1.96. The minimum atomic E-state index is 0.283. The molecule has 0 atom stereocenters. The quantitative estimate of drug-likeness (QED) is 0.578. The average molecular weight is 278 g/mol. The van der Waals surface area contributed by atoms with Gasteiger partial charge in [-0.1, -0.05) is 18.6 Å². The number of ketones is 1. The van der Waals surface area contributed by atoms with Crippen LogP contribution in [0.25, 0.3) is 0 Å². The third kappa shape index (κ3) is 7.95. The minimum Gasteiger partial charge on any atom is -0.497 e. The second-order valence-corrected chi connectivity index (χ2v) is 5.08. The van der Waals surface area contributed by atoms with Crippen molar-refractivity contribution >= 4 is 5.78 Å². The van der Waals surface area contributed by atoms with Crippen molar-refractivity contribution in [2.75, 3.05) is 20.3 Å². The molecule has 0 fully saturated rings. The molecule has 20 heavy (non-hydrogen) atoms. The van der Waals surface area contributed by atoms with Gasteiger partial charge in [0.05, 0.1) is 7.11 Å². The van der Waals surface area contributed by atoms with Crippen LogP contribution in [0.3, 0.4) is 0 Å². The van der Waals surface area contributed by atoms with Gasteiger partial charge in [0, 0.05) is 19.6 Å². The van der Waals surface area contributed by atoms with Gasteiger partial charge in [-0.3, -0.25) is 0 Å². The van der Waals surface area contributed by atoms with Crippen LogP contribution in [-0.4, -0.2) is 26.1 Å². The van der Waals surface area contributed by atoms with Crippen molar-refractivity contribution in [2.24, 2.45) is 0 Å². The van der Waals surface area contributed by atoms with Gasteiger partial charge in [0.15, 0.2) is 0 Å². The summed E-state index contributed by atoms with van der Waals surface area (Å²) in [6.07, 6.45) is 5.91. The van der Waals surface area contributed by atoms with E-state index < -0.39 is 0 Å². The molecule has 1 rings (SSSR count). The Labute approximate surface area is 122 Å². The topological polar surface area (TPSA) is 35.5 Å². The van der Waals surface area contributed by atoms with Gasteiger partial charge in [-0.25, -0.2) is 0 Å². The second kappa shape index (κ2) is 10.4. The number of carbonyl (C=O) groups excluding carboxylic acids is 1. The maximum atomic E-state index is 10.8. The molecule has 0 aliphatic carbocycles. The van der Waals surface area contributed by atoms with Gasteiger partial charge < -0.3 is 14.3 Å². The molecule has 0 heterocycles. The van der Waals surface area contributed by atoms with Crippen LogP contribution in [0.2, 0.25) is 0 Å². The van der Waals surface area contributed by atoms with Crippen LogP contribution in [0.4, 0.5) is 0 Å². The molecular weight excluding hydrogens is 252 g/mol. The number of carbonyl (C=O) groups is 1. The summed E-state index contributed by atoms with van der Waals surface area (Å²) in [5, 5.41) is 0. The Morgan fingerprint density at radius 2 is 1.70 bits per heavy atom. The Kier molecular flexibility index (Phi) is 8.72. The molecule has 3 heteroatoms.